The summed E-state index contributed by atoms with van der Waals surface area (Å²) >= 11 is 0. The van der Waals surface area contributed by atoms with E-state index < -0.39 is 31.3 Å². The van der Waals surface area contributed by atoms with E-state index in [0.717, 1.165) is 0 Å². The molecule has 0 heterocycles. The molecule has 218 valence electrons. The monoisotopic (exact) mass is 1080 g/mol. The summed E-state index contributed by atoms with van der Waals surface area (Å²) in [5, 5.41) is 0. The van der Waals surface area contributed by atoms with Gasteiger partial charge in [0.2, 0.25) is 0 Å². The Bertz CT molecular complexity index is 309. The molecule has 0 aromatic heterocycles. The first kappa shape index (κ1) is 114. The van der Waals surface area contributed by atoms with Crippen molar-refractivity contribution in [3.05, 3.63) is 0 Å². The summed E-state index contributed by atoms with van der Waals surface area (Å²) in [4.78, 5) is 103. The van der Waals surface area contributed by atoms with Gasteiger partial charge in [-0.05, 0) is 0 Å². The molecule has 0 saturated carbocycles. The van der Waals surface area contributed by atoms with Crippen LogP contribution >= 0.6 is 31.3 Å². The zero-order valence-electron chi connectivity index (χ0n) is 15.1. The Hall–Kier alpha value is 2.14. The first-order chi connectivity index (χ1) is 8.00. The molecule has 0 fully saturated rings. The first-order valence-corrected chi connectivity index (χ1v) is 8.76. The normalized spacial score (nSPS) is 7.38. The van der Waals surface area contributed by atoms with Crippen LogP contribution in [-0.2, 0) is 97.9 Å². The van der Waals surface area contributed by atoms with Crippen LogP contribution in [0.4, 0.5) is 0 Å². The van der Waals surface area contributed by atoms with Gasteiger partial charge in [0.15, 0.2) is 0 Å². The minimum Gasteiger partial charge on any atom is -2.00 e. The summed E-state index contributed by atoms with van der Waals surface area (Å²) in [6.45, 7) is 0. The Morgan fingerprint density at radius 1 is 0.312 bits per heavy atom. The van der Waals surface area contributed by atoms with Crippen molar-refractivity contribution in [2.24, 2.45) is 0 Å². The summed E-state index contributed by atoms with van der Waals surface area (Å²) in [7, 11) is -21.6. The largest absolute Gasteiger partial charge is 2.00 e. The summed E-state index contributed by atoms with van der Waals surface area (Å²) in [6.07, 6.45) is 0. The quantitative estimate of drug-likeness (QED) is 0.190. The molecule has 25 nitrogen and oxygen atoms in total. The molecule has 0 unspecified atom stereocenters. The Morgan fingerprint density at radius 3 is 0.312 bits per heavy atom. The molecule has 0 saturated heterocycles. The molecular formula is H15N3O22P4W3-18. The fourth-order valence-electron chi connectivity index (χ4n) is 0. The van der Waals surface area contributed by atoms with Crippen molar-refractivity contribution in [2.45, 2.75) is 0 Å². The Morgan fingerprint density at radius 2 is 0.312 bits per heavy atom. The molecule has 0 amide bonds. The first-order valence-electron chi connectivity index (χ1n) is 2.92. The van der Waals surface area contributed by atoms with E-state index in [4.69, 9.17) is 77.0 Å². The van der Waals surface area contributed by atoms with Crippen LogP contribution < -0.4 is 77.2 Å². The van der Waals surface area contributed by atoms with Crippen molar-refractivity contribution in [3.63, 3.8) is 0 Å². The molecule has 0 aliphatic carbocycles. The number of hydrogen-bond donors (Lipinski definition) is 3. The molecule has 0 aromatic rings. The van der Waals surface area contributed by atoms with E-state index in [2.05, 4.69) is 0 Å². The molecule has 0 spiro atoms. The number of hydrogen-bond acceptors (Lipinski definition) is 19. The van der Waals surface area contributed by atoms with Crippen LogP contribution in [0.5, 0.6) is 0 Å². The van der Waals surface area contributed by atoms with Crippen LogP contribution in [0.2, 0.25) is 0 Å². The standard InChI is InChI=1S/3H3N.4H3O4P.3H2O.3O.3W/c;;;4*1-5(2,3)4;;;;;;;;;/h3*1H3;4*(H3,1,2,3,4);3*1H2;;;;;;/q;;;;;;;;;;3*-2;;;/p-12. The van der Waals surface area contributed by atoms with Gasteiger partial charge in [0.25, 0.3) is 0 Å². The molecule has 0 aromatic carbocycles. The third-order valence-corrected chi connectivity index (χ3v) is 0. The van der Waals surface area contributed by atoms with Crippen molar-refractivity contribution in [2.75, 3.05) is 0 Å². The van der Waals surface area contributed by atoms with Crippen LogP contribution in [0.3, 0.4) is 0 Å². The molecule has 0 bridgehead atoms. The molecule has 0 rings (SSSR count). The van der Waals surface area contributed by atoms with Gasteiger partial charge in [-0.3, -0.25) is 0 Å². The molecule has 0 atom stereocenters. The van der Waals surface area contributed by atoms with Crippen molar-refractivity contribution in [1.82, 2.24) is 18.5 Å². The maximum atomic E-state index is 8.55. The predicted octanol–water partition coefficient (Wildman–Crippen LogP) is -11.1. The van der Waals surface area contributed by atoms with Crippen LogP contribution in [0.15, 0.2) is 0 Å². The van der Waals surface area contributed by atoms with E-state index in [1.807, 2.05) is 0 Å². The van der Waals surface area contributed by atoms with Crippen molar-refractivity contribution >= 4 is 31.3 Å². The second kappa shape index (κ2) is 50.1. The van der Waals surface area contributed by atoms with Crippen molar-refractivity contribution in [1.29, 1.82) is 0 Å². The Kier molecular flexibility index (Phi) is 178. The van der Waals surface area contributed by atoms with Gasteiger partial charge in [-0.1, -0.05) is 0 Å². The molecule has 0 aliphatic heterocycles. The van der Waals surface area contributed by atoms with Crippen molar-refractivity contribution in [3.8, 4) is 0 Å². The maximum absolute atomic E-state index is 8.55. The Labute approximate surface area is 222 Å². The van der Waals surface area contributed by atoms with Gasteiger partial charge in [0.05, 0.1) is 0 Å². The van der Waals surface area contributed by atoms with E-state index in [1.54, 1.807) is 0 Å². The zero-order valence-corrected chi connectivity index (χ0v) is 27.5. The summed E-state index contributed by atoms with van der Waals surface area (Å²) in [5.41, 5.74) is 0. The molecule has 32 heavy (non-hydrogen) atoms. The molecule has 0 radical (unpaired) electrons. The van der Waals surface area contributed by atoms with Gasteiger partial charge >= 0.3 is 0 Å². The van der Waals surface area contributed by atoms with Crippen LogP contribution in [-0.4, -0.2) is 16.4 Å². The van der Waals surface area contributed by atoms with Gasteiger partial charge in [0.1, 0.15) is 0 Å². The molecule has 15 N–H and O–H groups in total. The maximum Gasteiger partial charge on any atom is 0 e. The third kappa shape index (κ3) is 6780. The zero-order chi connectivity index (χ0) is 18.0. The van der Waals surface area contributed by atoms with E-state index in [0.29, 0.717) is 0 Å². The summed E-state index contributed by atoms with van der Waals surface area (Å²) < 4.78 is 34.2. The smallest absolute Gasteiger partial charge is 0 e. The second-order valence-corrected chi connectivity index (χ2v) is 5.37. The van der Waals surface area contributed by atoms with Gasteiger partial charge < -0.3 is 128 Å². The minimum atomic E-state index is -5.39. The predicted molar refractivity (Wildman–Crippen MR) is 56.2 cm³/mol. The van der Waals surface area contributed by atoms with Gasteiger partial charge in [0, 0.05) is 63.2 Å². The van der Waals surface area contributed by atoms with Gasteiger partial charge in [-0.2, -0.15) is 31.3 Å². The SMILES string of the molecule is O=P([O-])([O-])[O-].O=P([O-])([O-])[O-].O=P([O-])([O-])[O-].O=P([O-])([O-])[O-].[NH4+].[NH4+].[NH4+].[O-2].[O-2].[O-2].[OH-].[OH-].[OH-].[W].[W].[W]. The second-order valence-electron chi connectivity index (χ2n) is 1.79. The fraction of sp³-hybridized carbons (Fsp3) is 0. The number of phosphoric acid groups is 4. The van der Waals surface area contributed by atoms with Gasteiger partial charge in [-0.15, -0.1) is 0 Å². The van der Waals surface area contributed by atoms with E-state index in [9.17, 15) is 0 Å². The van der Waals surface area contributed by atoms with Crippen LogP contribution in [0.1, 0.15) is 0 Å². The topological polar surface area (TPSA) is 630 Å². The summed E-state index contributed by atoms with van der Waals surface area (Å²) in [5.74, 6) is 0. The van der Waals surface area contributed by atoms with Gasteiger partial charge in [-0.25, -0.2) is 0 Å². The molecular weight excluding hydrogens is 1070 g/mol. The Balaban J connectivity index is -0.00000000677. The molecule has 32 heteroatoms. The van der Waals surface area contributed by atoms with Crippen molar-refractivity contribution < 1.29 is 173 Å². The van der Waals surface area contributed by atoms with E-state index in [1.165, 1.54) is 0 Å². The third-order valence-electron chi connectivity index (χ3n) is 0. The fourth-order valence-corrected chi connectivity index (χ4v) is 0. The van der Waals surface area contributed by atoms with Crippen LogP contribution in [0, 0.1) is 0 Å². The molecule has 0 aliphatic rings. The summed E-state index contributed by atoms with van der Waals surface area (Å²) in [6, 6.07) is 0. The van der Waals surface area contributed by atoms with Crippen LogP contribution in [0.25, 0.3) is 0 Å². The average molecular weight is 1080 g/mol. The average Bonchev–Trinajstić information content (AvgIpc) is 1.62. The number of quaternary nitrogens is 3. The van der Waals surface area contributed by atoms with E-state index >= 15 is 0 Å². The van der Waals surface area contributed by atoms with E-state index in [-0.39, 0.29) is 115 Å². The number of rotatable bonds is 0. The minimum absolute atomic E-state index is 0.